The fourth-order valence-corrected chi connectivity index (χ4v) is 1.31. The first-order valence-corrected chi connectivity index (χ1v) is 4.99. The van der Waals surface area contributed by atoms with Gasteiger partial charge in [0.1, 0.15) is 0 Å². The molecule has 4 nitrogen and oxygen atoms in total. The molecule has 0 heterocycles. The predicted molar refractivity (Wildman–Crippen MR) is 61.8 cm³/mol. The first kappa shape index (κ1) is 12.6. The predicted octanol–water partition coefficient (Wildman–Crippen LogP) is 2.66. The molecule has 0 bridgehead atoms. The van der Waals surface area contributed by atoms with Crippen molar-refractivity contribution < 1.29 is 10.0 Å². The van der Waals surface area contributed by atoms with Gasteiger partial charge in [-0.05, 0) is 17.9 Å². The van der Waals surface area contributed by atoms with Crippen molar-refractivity contribution in [3.63, 3.8) is 0 Å². The Labute approximate surface area is 95.1 Å². The van der Waals surface area contributed by atoms with Crippen molar-refractivity contribution in [3.05, 3.63) is 46.9 Å². The SMILES string of the molecule is [CH2]C(O)(c1cccc([N+](=O)[O-])c1)C(C)(C)C. The van der Waals surface area contributed by atoms with Crippen LogP contribution in [0.4, 0.5) is 5.69 Å². The molecule has 4 heteroatoms. The van der Waals surface area contributed by atoms with Gasteiger partial charge >= 0.3 is 0 Å². The van der Waals surface area contributed by atoms with Crippen LogP contribution in [-0.2, 0) is 5.60 Å². The average molecular weight is 222 g/mol. The lowest BCUT2D eigenvalue weighted by Gasteiger charge is -2.37. The van der Waals surface area contributed by atoms with Crippen LogP contribution in [0.25, 0.3) is 0 Å². The number of nitro groups is 1. The zero-order chi connectivity index (χ0) is 12.6. The number of nitro benzene ring substituents is 1. The van der Waals surface area contributed by atoms with Gasteiger partial charge in [0, 0.05) is 12.1 Å². The zero-order valence-corrected chi connectivity index (χ0v) is 9.73. The summed E-state index contributed by atoms with van der Waals surface area (Å²) in [6.07, 6.45) is 0. The minimum absolute atomic E-state index is 0.0381. The molecular weight excluding hydrogens is 206 g/mol. The van der Waals surface area contributed by atoms with Crippen LogP contribution in [-0.4, -0.2) is 10.0 Å². The maximum absolute atomic E-state index is 10.6. The van der Waals surface area contributed by atoms with Crippen molar-refractivity contribution in [2.75, 3.05) is 0 Å². The Morgan fingerprint density at radius 1 is 1.38 bits per heavy atom. The first-order valence-electron chi connectivity index (χ1n) is 4.99. The van der Waals surface area contributed by atoms with Gasteiger partial charge < -0.3 is 5.11 Å². The molecule has 1 rings (SSSR count). The minimum Gasteiger partial charge on any atom is -0.385 e. The van der Waals surface area contributed by atoms with Gasteiger partial charge in [-0.25, -0.2) is 0 Å². The normalized spacial score (nSPS) is 15.6. The summed E-state index contributed by atoms with van der Waals surface area (Å²) in [6, 6.07) is 5.95. The van der Waals surface area contributed by atoms with E-state index in [1.165, 1.54) is 12.1 Å². The van der Waals surface area contributed by atoms with Crippen molar-refractivity contribution >= 4 is 5.69 Å². The van der Waals surface area contributed by atoms with E-state index in [2.05, 4.69) is 6.92 Å². The smallest absolute Gasteiger partial charge is 0.269 e. The minimum atomic E-state index is -1.35. The van der Waals surface area contributed by atoms with Gasteiger partial charge in [-0.15, -0.1) is 0 Å². The van der Waals surface area contributed by atoms with E-state index >= 15 is 0 Å². The highest BCUT2D eigenvalue weighted by atomic mass is 16.6. The third-order valence-electron chi connectivity index (χ3n) is 2.78. The van der Waals surface area contributed by atoms with E-state index < -0.39 is 15.9 Å². The van der Waals surface area contributed by atoms with Gasteiger partial charge in [0.2, 0.25) is 0 Å². The van der Waals surface area contributed by atoms with E-state index in [1.54, 1.807) is 12.1 Å². The number of rotatable bonds is 2. The largest absolute Gasteiger partial charge is 0.385 e. The molecule has 1 aromatic carbocycles. The van der Waals surface area contributed by atoms with E-state index in [0.717, 1.165) is 0 Å². The quantitative estimate of drug-likeness (QED) is 0.618. The highest BCUT2D eigenvalue weighted by Crippen LogP contribution is 2.39. The van der Waals surface area contributed by atoms with Gasteiger partial charge in [-0.1, -0.05) is 32.9 Å². The summed E-state index contributed by atoms with van der Waals surface area (Å²) < 4.78 is 0. The van der Waals surface area contributed by atoms with Crippen molar-refractivity contribution in [1.29, 1.82) is 0 Å². The van der Waals surface area contributed by atoms with Crippen molar-refractivity contribution in [1.82, 2.24) is 0 Å². The molecule has 0 aromatic heterocycles. The molecule has 0 spiro atoms. The van der Waals surface area contributed by atoms with Crippen LogP contribution in [0, 0.1) is 22.5 Å². The lowest BCUT2D eigenvalue weighted by atomic mass is 9.73. The maximum Gasteiger partial charge on any atom is 0.269 e. The Kier molecular flexibility index (Phi) is 3.06. The van der Waals surface area contributed by atoms with Gasteiger partial charge in [-0.3, -0.25) is 10.1 Å². The number of non-ortho nitro benzene ring substituents is 1. The molecule has 0 saturated heterocycles. The third kappa shape index (κ3) is 2.22. The van der Waals surface area contributed by atoms with Crippen molar-refractivity contribution in [3.8, 4) is 0 Å². The summed E-state index contributed by atoms with van der Waals surface area (Å²) >= 11 is 0. The molecule has 0 fully saturated rings. The van der Waals surface area contributed by atoms with E-state index in [9.17, 15) is 15.2 Å². The van der Waals surface area contributed by atoms with Crippen LogP contribution in [0.3, 0.4) is 0 Å². The van der Waals surface area contributed by atoms with Crippen molar-refractivity contribution in [2.45, 2.75) is 26.4 Å². The fourth-order valence-electron chi connectivity index (χ4n) is 1.31. The maximum atomic E-state index is 10.6. The molecule has 0 amide bonds. The van der Waals surface area contributed by atoms with Gasteiger partial charge in [0.15, 0.2) is 0 Å². The monoisotopic (exact) mass is 222 g/mol. The van der Waals surface area contributed by atoms with Gasteiger partial charge in [-0.2, -0.15) is 0 Å². The van der Waals surface area contributed by atoms with Crippen LogP contribution in [0.5, 0.6) is 0 Å². The lowest BCUT2D eigenvalue weighted by Crippen LogP contribution is -2.37. The van der Waals surface area contributed by atoms with Gasteiger partial charge in [0.25, 0.3) is 5.69 Å². The molecule has 1 N–H and O–H groups in total. The standard InChI is InChI=1S/C12H16NO3/c1-11(2,3)12(4,14)9-6-5-7-10(8-9)13(15)16/h5-8,14H,4H2,1-3H3. The number of hydrogen-bond donors (Lipinski definition) is 1. The molecule has 1 radical (unpaired) electrons. The Hall–Kier alpha value is -1.42. The highest BCUT2D eigenvalue weighted by molar-refractivity contribution is 5.38. The van der Waals surface area contributed by atoms with E-state index in [4.69, 9.17) is 0 Å². The molecule has 0 aliphatic heterocycles. The molecule has 1 unspecified atom stereocenters. The molecule has 0 aliphatic rings. The second-order valence-electron chi connectivity index (χ2n) is 4.92. The Morgan fingerprint density at radius 3 is 2.38 bits per heavy atom. The van der Waals surface area contributed by atoms with E-state index in [0.29, 0.717) is 5.56 Å². The average Bonchev–Trinajstić information content (AvgIpc) is 2.16. The summed E-state index contributed by atoms with van der Waals surface area (Å²) in [6.45, 7) is 9.24. The number of aliphatic hydroxyl groups is 1. The molecule has 1 aromatic rings. The number of benzene rings is 1. The van der Waals surface area contributed by atoms with Crippen molar-refractivity contribution in [2.24, 2.45) is 5.41 Å². The summed E-state index contributed by atoms with van der Waals surface area (Å²) in [5.41, 5.74) is -1.43. The summed E-state index contributed by atoms with van der Waals surface area (Å²) in [4.78, 5) is 10.1. The zero-order valence-electron chi connectivity index (χ0n) is 9.73. The van der Waals surface area contributed by atoms with Crippen LogP contribution in [0.1, 0.15) is 26.3 Å². The first-order chi connectivity index (χ1) is 7.16. The van der Waals surface area contributed by atoms with E-state index in [1.807, 2.05) is 20.8 Å². The molecule has 0 saturated carbocycles. The lowest BCUT2D eigenvalue weighted by molar-refractivity contribution is -0.385. The van der Waals surface area contributed by atoms with E-state index in [-0.39, 0.29) is 5.69 Å². The van der Waals surface area contributed by atoms with Crippen LogP contribution < -0.4 is 0 Å². The second-order valence-corrected chi connectivity index (χ2v) is 4.92. The van der Waals surface area contributed by atoms with Gasteiger partial charge in [0.05, 0.1) is 10.5 Å². The molecular formula is C12H16NO3. The van der Waals surface area contributed by atoms with Crippen LogP contribution in [0.2, 0.25) is 0 Å². The van der Waals surface area contributed by atoms with Crippen LogP contribution >= 0.6 is 0 Å². The fraction of sp³-hybridized carbons (Fsp3) is 0.417. The molecule has 0 aliphatic carbocycles. The second kappa shape index (κ2) is 3.87. The Balaban J connectivity index is 3.24. The molecule has 87 valence electrons. The Bertz CT molecular complexity index is 405. The summed E-state index contributed by atoms with van der Waals surface area (Å²) in [5, 5.41) is 20.9. The third-order valence-corrected chi connectivity index (χ3v) is 2.78. The highest BCUT2D eigenvalue weighted by Gasteiger charge is 2.37. The molecule has 1 atom stereocenters. The number of nitrogens with zero attached hydrogens (tertiary/aromatic N) is 1. The molecule has 16 heavy (non-hydrogen) atoms. The summed E-state index contributed by atoms with van der Waals surface area (Å²) in [5.74, 6) is 0. The summed E-state index contributed by atoms with van der Waals surface area (Å²) in [7, 11) is 0. The Morgan fingerprint density at radius 2 is 1.94 bits per heavy atom. The number of hydrogen-bond acceptors (Lipinski definition) is 3. The van der Waals surface area contributed by atoms with Crippen LogP contribution in [0.15, 0.2) is 24.3 Å². The topological polar surface area (TPSA) is 63.4 Å².